The molecule has 0 spiro atoms. The molecule has 3 N–H and O–H groups in total. The number of nitrogens with zero attached hydrogens (tertiary/aromatic N) is 3. The van der Waals surface area contributed by atoms with Gasteiger partial charge in [-0.05, 0) is 75.4 Å². The van der Waals surface area contributed by atoms with Crippen LogP contribution >= 0.6 is 11.6 Å². The number of aromatic nitrogens is 2. The summed E-state index contributed by atoms with van der Waals surface area (Å²) in [6.45, 7) is 5.16. The molecule has 1 saturated carbocycles. The highest BCUT2D eigenvalue weighted by atomic mass is 35.5. The first kappa shape index (κ1) is 27.6. The van der Waals surface area contributed by atoms with Crippen LogP contribution in [0, 0.1) is 23.2 Å². The summed E-state index contributed by atoms with van der Waals surface area (Å²) in [5.74, 6) is -0.641. The number of anilines is 1. The summed E-state index contributed by atoms with van der Waals surface area (Å²) in [5.41, 5.74) is 0.988. The van der Waals surface area contributed by atoms with Crippen LogP contribution in [0.4, 0.5) is 5.69 Å². The molecule has 0 unspecified atom stereocenters. The summed E-state index contributed by atoms with van der Waals surface area (Å²) in [7, 11) is 0. The molecule has 3 aromatic rings. The second kappa shape index (κ2) is 11.3. The van der Waals surface area contributed by atoms with Crippen molar-refractivity contribution in [1.82, 2.24) is 19.8 Å². The number of fused-ring (bicyclic) bond motifs is 1. The van der Waals surface area contributed by atoms with Crippen LogP contribution < -0.4 is 27.2 Å². The monoisotopic (exact) mass is 562 g/mol. The lowest BCUT2D eigenvalue weighted by Gasteiger charge is -2.30. The molecule has 2 fully saturated rings. The number of amides is 2. The minimum absolute atomic E-state index is 0.137. The van der Waals surface area contributed by atoms with E-state index in [0.29, 0.717) is 54.1 Å². The highest BCUT2D eigenvalue weighted by Crippen LogP contribution is 2.30. The zero-order valence-corrected chi connectivity index (χ0v) is 23.1. The fourth-order valence-corrected chi connectivity index (χ4v) is 5.41. The Labute approximate surface area is 235 Å². The number of hydrogen-bond donors (Lipinski definition) is 3. The van der Waals surface area contributed by atoms with E-state index in [9.17, 15) is 19.2 Å². The quantitative estimate of drug-likeness (QED) is 0.405. The van der Waals surface area contributed by atoms with Gasteiger partial charge in [0.15, 0.2) is 0 Å². The first-order valence-corrected chi connectivity index (χ1v) is 13.8. The van der Waals surface area contributed by atoms with Gasteiger partial charge in [-0.25, -0.2) is 4.79 Å². The Hall–Kier alpha value is -3.94. The fourth-order valence-electron chi connectivity index (χ4n) is 5.19. The Morgan fingerprint density at radius 2 is 1.93 bits per heavy atom. The summed E-state index contributed by atoms with van der Waals surface area (Å²) in [6.07, 6.45) is 2.45. The van der Waals surface area contributed by atoms with Crippen molar-refractivity contribution in [3.8, 4) is 6.07 Å². The number of piperidine rings is 1. The summed E-state index contributed by atoms with van der Waals surface area (Å²) in [4.78, 5) is 52.4. The minimum Gasteiger partial charge on any atom is -0.348 e. The molecule has 1 aliphatic carbocycles. The van der Waals surface area contributed by atoms with Gasteiger partial charge in [0.2, 0.25) is 5.91 Å². The first-order chi connectivity index (χ1) is 19.2. The molecular formula is C29H31ClN6O4. The maximum atomic E-state index is 13.3. The SMILES string of the molecule is CC(C)n1c(=O)n(CC2CC2)c(=O)c2cc(NC(=O)[C@H]3CNC[C@@H](NC(=O)c4ccc(C#N)c(Cl)c4)C3)ccc21. The van der Waals surface area contributed by atoms with Crippen molar-refractivity contribution >= 4 is 40.0 Å². The van der Waals surface area contributed by atoms with Crippen LogP contribution in [0.1, 0.15) is 55.1 Å². The van der Waals surface area contributed by atoms with E-state index in [-0.39, 0.29) is 45.7 Å². The fraction of sp³-hybridized carbons (Fsp3) is 0.414. The molecule has 0 radical (unpaired) electrons. The van der Waals surface area contributed by atoms with Gasteiger partial charge in [0, 0.05) is 43.0 Å². The van der Waals surface area contributed by atoms with Crippen molar-refractivity contribution in [3.63, 3.8) is 0 Å². The van der Waals surface area contributed by atoms with Gasteiger partial charge in [0.05, 0.1) is 27.4 Å². The molecule has 1 saturated heterocycles. The van der Waals surface area contributed by atoms with E-state index in [4.69, 9.17) is 16.9 Å². The van der Waals surface area contributed by atoms with Crippen molar-refractivity contribution < 1.29 is 9.59 Å². The van der Waals surface area contributed by atoms with Crippen LogP contribution in [0.3, 0.4) is 0 Å². The number of carbonyl (C=O) groups excluding carboxylic acids is 2. The second-order valence-electron chi connectivity index (χ2n) is 10.9. The molecular weight excluding hydrogens is 532 g/mol. The number of benzene rings is 2. The van der Waals surface area contributed by atoms with Gasteiger partial charge in [-0.1, -0.05) is 11.6 Å². The van der Waals surface area contributed by atoms with Crippen molar-refractivity contribution in [2.45, 2.75) is 51.7 Å². The molecule has 40 heavy (non-hydrogen) atoms. The number of nitrogens with one attached hydrogen (secondary N) is 3. The average molecular weight is 563 g/mol. The summed E-state index contributed by atoms with van der Waals surface area (Å²) >= 11 is 6.06. The second-order valence-corrected chi connectivity index (χ2v) is 11.3. The molecule has 1 aromatic heterocycles. The Balaban J connectivity index is 1.31. The van der Waals surface area contributed by atoms with E-state index in [1.165, 1.54) is 22.8 Å². The van der Waals surface area contributed by atoms with Crippen molar-refractivity contribution in [2.24, 2.45) is 11.8 Å². The topological polar surface area (TPSA) is 138 Å². The van der Waals surface area contributed by atoms with Crippen LogP contribution in [0.25, 0.3) is 10.9 Å². The minimum atomic E-state index is -0.421. The molecule has 1 aliphatic heterocycles. The standard InChI is InChI=1S/C29H31ClN6O4/c1-16(2)36-25-8-7-21(11-23(25)28(39)35(29(36)40)15-17-3-4-17)33-27(38)20-9-22(14-32-13-20)34-26(37)18-5-6-19(12-31)24(30)10-18/h5-8,10-11,16-17,20,22,32H,3-4,9,13-15H2,1-2H3,(H,33,38)(H,34,37)/t20-,22+/m1/s1. The number of halogens is 1. The Morgan fingerprint density at radius 3 is 2.60 bits per heavy atom. The van der Waals surface area contributed by atoms with Gasteiger partial charge in [-0.3, -0.25) is 23.5 Å². The number of nitriles is 1. The summed E-state index contributed by atoms with van der Waals surface area (Å²) < 4.78 is 2.95. The molecule has 5 rings (SSSR count). The van der Waals surface area contributed by atoms with E-state index in [0.717, 1.165) is 12.8 Å². The van der Waals surface area contributed by atoms with Gasteiger partial charge in [-0.2, -0.15) is 5.26 Å². The first-order valence-electron chi connectivity index (χ1n) is 13.5. The third-order valence-electron chi connectivity index (χ3n) is 7.50. The smallest absolute Gasteiger partial charge is 0.331 e. The van der Waals surface area contributed by atoms with Crippen molar-refractivity contribution in [3.05, 3.63) is 73.4 Å². The van der Waals surface area contributed by atoms with Crippen molar-refractivity contribution in [2.75, 3.05) is 18.4 Å². The molecule has 11 heteroatoms. The summed E-state index contributed by atoms with van der Waals surface area (Å²) in [5, 5.41) is 18.7. The molecule has 10 nitrogen and oxygen atoms in total. The van der Waals surface area contributed by atoms with E-state index in [2.05, 4.69) is 16.0 Å². The molecule has 2 aliphatic rings. The third kappa shape index (κ3) is 5.67. The van der Waals surface area contributed by atoms with Gasteiger partial charge < -0.3 is 16.0 Å². The van der Waals surface area contributed by atoms with E-state index in [1.54, 1.807) is 22.8 Å². The Kier molecular flexibility index (Phi) is 7.79. The van der Waals surface area contributed by atoms with Crippen molar-refractivity contribution in [1.29, 1.82) is 5.26 Å². The predicted molar refractivity (Wildman–Crippen MR) is 153 cm³/mol. The molecule has 2 amide bonds. The summed E-state index contributed by atoms with van der Waals surface area (Å²) in [6, 6.07) is 11.1. The average Bonchev–Trinajstić information content (AvgIpc) is 3.75. The number of carbonyl (C=O) groups is 2. The van der Waals surface area contributed by atoms with E-state index in [1.807, 2.05) is 19.9 Å². The lowest BCUT2D eigenvalue weighted by Crippen LogP contribution is -2.51. The zero-order valence-electron chi connectivity index (χ0n) is 22.4. The third-order valence-corrected chi connectivity index (χ3v) is 7.81. The van der Waals surface area contributed by atoms with Gasteiger partial charge in [0.25, 0.3) is 11.5 Å². The Bertz CT molecular complexity index is 1650. The van der Waals surface area contributed by atoms with Crippen LogP contribution in [0.15, 0.2) is 46.0 Å². The van der Waals surface area contributed by atoms with Gasteiger partial charge in [-0.15, -0.1) is 0 Å². The Morgan fingerprint density at radius 1 is 1.15 bits per heavy atom. The van der Waals surface area contributed by atoms with Crippen LogP contribution in [0.5, 0.6) is 0 Å². The number of rotatable bonds is 7. The van der Waals surface area contributed by atoms with Crippen LogP contribution in [0.2, 0.25) is 5.02 Å². The molecule has 2 aromatic carbocycles. The molecule has 208 valence electrons. The van der Waals surface area contributed by atoms with Crippen LogP contribution in [-0.2, 0) is 11.3 Å². The van der Waals surface area contributed by atoms with Gasteiger partial charge >= 0.3 is 5.69 Å². The highest BCUT2D eigenvalue weighted by Gasteiger charge is 2.29. The molecule has 2 atom stereocenters. The predicted octanol–water partition coefficient (Wildman–Crippen LogP) is 3.03. The van der Waals surface area contributed by atoms with Gasteiger partial charge in [0.1, 0.15) is 6.07 Å². The molecule has 0 bridgehead atoms. The zero-order chi connectivity index (χ0) is 28.6. The lowest BCUT2D eigenvalue weighted by atomic mass is 9.94. The number of hydrogen-bond acceptors (Lipinski definition) is 6. The maximum absolute atomic E-state index is 13.3. The van der Waals surface area contributed by atoms with E-state index >= 15 is 0 Å². The highest BCUT2D eigenvalue weighted by molar-refractivity contribution is 6.32. The maximum Gasteiger partial charge on any atom is 0.331 e. The van der Waals surface area contributed by atoms with Crippen LogP contribution in [-0.4, -0.2) is 40.1 Å². The molecule has 2 heterocycles. The normalized spacial score (nSPS) is 18.9. The largest absolute Gasteiger partial charge is 0.348 e. The lowest BCUT2D eigenvalue weighted by molar-refractivity contribution is -0.120. The van der Waals surface area contributed by atoms with E-state index < -0.39 is 5.92 Å².